The third-order valence-electron chi connectivity index (χ3n) is 2.66. The lowest BCUT2D eigenvalue weighted by Gasteiger charge is -2.21. The summed E-state index contributed by atoms with van der Waals surface area (Å²) in [5.41, 5.74) is 6.15. The number of nitrogens with zero attached hydrogens (tertiary/aromatic N) is 1. The fourth-order valence-corrected chi connectivity index (χ4v) is 1.43. The molecule has 0 saturated carbocycles. The molecule has 1 aromatic heterocycles. The number of carbonyl (C=O) groups is 1. The van der Waals surface area contributed by atoms with Crippen LogP contribution in [-0.4, -0.2) is 35.5 Å². The van der Waals surface area contributed by atoms with E-state index in [9.17, 15) is 13.2 Å². The maximum atomic E-state index is 11.8. The summed E-state index contributed by atoms with van der Waals surface area (Å²) in [5, 5.41) is 8.73. The van der Waals surface area contributed by atoms with Gasteiger partial charge in [-0.1, -0.05) is 0 Å². The fourth-order valence-electron chi connectivity index (χ4n) is 1.02. The van der Waals surface area contributed by atoms with E-state index in [-0.39, 0.29) is 6.54 Å². The van der Waals surface area contributed by atoms with E-state index < -0.39 is 20.5 Å². The van der Waals surface area contributed by atoms with Crippen molar-refractivity contribution >= 4 is 21.6 Å². The van der Waals surface area contributed by atoms with Crippen LogP contribution < -0.4 is 11.1 Å². The first kappa shape index (κ1) is 13.5. The Balaban J connectivity index is 2.72. The minimum atomic E-state index is -3.47. The third-order valence-corrected chi connectivity index (χ3v) is 4.70. The van der Waals surface area contributed by atoms with E-state index in [1.807, 2.05) is 0 Å². The molecule has 1 heterocycles. The van der Waals surface area contributed by atoms with Gasteiger partial charge < -0.3 is 11.1 Å². The summed E-state index contributed by atoms with van der Waals surface area (Å²) in [5.74, 6) is -0.219. The Hall–Kier alpha value is -1.57. The van der Waals surface area contributed by atoms with Crippen LogP contribution in [0.5, 0.6) is 0 Å². The van der Waals surface area contributed by atoms with Crippen molar-refractivity contribution in [3.8, 4) is 0 Å². The smallest absolute Gasteiger partial charge is 0.241 e. The van der Waals surface area contributed by atoms with Gasteiger partial charge in [0.15, 0.2) is 9.84 Å². The molecule has 0 unspecified atom stereocenters. The molecular weight excluding hydrogens is 244 g/mol. The molecule has 17 heavy (non-hydrogen) atoms. The van der Waals surface area contributed by atoms with Gasteiger partial charge in [-0.15, -0.1) is 0 Å². The van der Waals surface area contributed by atoms with Crippen LogP contribution in [0.15, 0.2) is 6.20 Å². The first-order valence-corrected chi connectivity index (χ1v) is 6.81. The summed E-state index contributed by atoms with van der Waals surface area (Å²) in [4.78, 5) is 11.8. The molecule has 1 aromatic rings. The Bertz CT molecular complexity index is 518. The highest BCUT2D eigenvalue weighted by Gasteiger charge is 2.38. The van der Waals surface area contributed by atoms with Gasteiger partial charge in [0.1, 0.15) is 10.6 Å². The van der Waals surface area contributed by atoms with Gasteiger partial charge in [-0.05, 0) is 13.8 Å². The summed E-state index contributed by atoms with van der Waals surface area (Å²) < 4.78 is 21.4. The SMILES string of the molecule is CC(C)(C(=O)NCc1cn[nH]c1N)S(C)(=O)=O. The van der Waals surface area contributed by atoms with Crippen LogP contribution in [0.4, 0.5) is 5.82 Å². The van der Waals surface area contributed by atoms with Gasteiger partial charge in [0.2, 0.25) is 5.91 Å². The van der Waals surface area contributed by atoms with E-state index in [2.05, 4.69) is 15.5 Å². The van der Waals surface area contributed by atoms with Crippen molar-refractivity contribution < 1.29 is 13.2 Å². The van der Waals surface area contributed by atoms with E-state index in [1.54, 1.807) is 0 Å². The minimum absolute atomic E-state index is 0.139. The zero-order chi connectivity index (χ0) is 13.3. The average molecular weight is 260 g/mol. The summed E-state index contributed by atoms with van der Waals surface area (Å²) in [7, 11) is -3.47. The quantitative estimate of drug-likeness (QED) is 0.670. The Kier molecular flexibility index (Phi) is 3.46. The van der Waals surface area contributed by atoms with Crippen molar-refractivity contribution in [2.45, 2.75) is 25.1 Å². The number of nitrogen functional groups attached to an aromatic ring is 1. The van der Waals surface area contributed by atoms with Crippen molar-refractivity contribution in [1.29, 1.82) is 0 Å². The third kappa shape index (κ3) is 2.76. The van der Waals surface area contributed by atoms with Crippen molar-refractivity contribution in [3.05, 3.63) is 11.8 Å². The monoisotopic (exact) mass is 260 g/mol. The Morgan fingerprint density at radius 1 is 1.59 bits per heavy atom. The lowest BCUT2D eigenvalue weighted by molar-refractivity contribution is -0.123. The topological polar surface area (TPSA) is 118 Å². The largest absolute Gasteiger partial charge is 0.384 e. The maximum Gasteiger partial charge on any atom is 0.241 e. The molecule has 0 aliphatic carbocycles. The molecule has 0 atom stereocenters. The van der Waals surface area contributed by atoms with Crippen molar-refractivity contribution in [3.63, 3.8) is 0 Å². The number of hydrogen-bond donors (Lipinski definition) is 3. The fraction of sp³-hybridized carbons (Fsp3) is 0.556. The zero-order valence-corrected chi connectivity index (χ0v) is 10.8. The molecule has 96 valence electrons. The molecule has 0 saturated heterocycles. The molecule has 0 spiro atoms. The average Bonchev–Trinajstić information content (AvgIpc) is 2.58. The molecule has 1 rings (SSSR count). The van der Waals surface area contributed by atoms with Crippen LogP contribution in [0.1, 0.15) is 19.4 Å². The molecule has 0 radical (unpaired) electrons. The van der Waals surface area contributed by atoms with Gasteiger partial charge in [0, 0.05) is 18.4 Å². The standard InChI is InChI=1S/C9H16N4O3S/c1-9(2,17(3,15)16)8(14)11-4-6-5-12-13-7(6)10/h5H,4H2,1-3H3,(H,11,14)(H3,10,12,13). The second-order valence-corrected chi connectivity index (χ2v) is 6.84. The van der Waals surface area contributed by atoms with Gasteiger partial charge >= 0.3 is 0 Å². The van der Waals surface area contributed by atoms with Gasteiger partial charge in [0.25, 0.3) is 0 Å². The highest BCUT2D eigenvalue weighted by molar-refractivity contribution is 7.92. The number of anilines is 1. The number of aromatic amines is 1. The predicted octanol–water partition coefficient (Wildman–Crippen LogP) is -0.569. The lowest BCUT2D eigenvalue weighted by Crippen LogP contribution is -2.47. The van der Waals surface area contributed by atoms with Gasteiger partial charge in [-0.2, -0.15) is 5.10 Å². The second-order valence-electron chi connectivity index (χ2n) is 4.27. The number of H-pyrrole nitrogens is 1. The number of hydrogen-bond acceptors (Lipinski definition) is 5. The Morgan fingerprint density at radius 2 is 2.18 bits per heavy atom. The Morgan fingerprint density at radius 3 is 2.59 bits per heavy atom. The van der Waals surface area contributed by atoms with E-state index in [0.29, 0.717) is 11.4 Å². The molecule has 0 bridgehead atoms. The van der Waals surface area contributed by atoms with E-state index in [0.717, 1.165) is 6.26 Å². The van der Waals surface area contributed by atoms with Crippen LogP contribution >= 0.6 is 0 Å². The van der Waals surface area contributed by atoms with Gasteiger partial charge in [-0.25, -0.2) is 8.42 Å². The Labute approximate surface area is 99.7 Å². The number of amides is 1. The molecule has 0 fully saturated rings. The first-order valence-electron chi connectivity index (χ1n) is 4.92. The number of sulfone groups is 1. The normalized spacial score (nSPS) is 12.4. The molecule has 4 N–H and O–H groups in total. The second kappa shape index (κ2) is 4.36. The summed E-state index contributed by atoms with van der Waals surface area (Å²) in [6.07, 6.45) is 2.50. The number of rotatable bonds is 4. The molecule has 0 aromatic carbocycles. The van der Waals surface area contributed by atoms with Crippen LogP contribution in [0, 0.1) is 0 Å². The van der Waals surface area contributed by atoms with Crippen LogP contribution in [0.2, 0.25) is 0 Å². The summed E-state index contributed by atoms with van der Waals surface area (Å²) >= 11 is 0. The molecule has 8 heteroatoms. The van der Waals surface area contributed by atoms with E-state index in [1.165, 1.54) is 20.0 Å². The zero-order valence-electron chi connectivity index (χ0n) is 9.94. The van der Waals surface area contributed by atoms with Crippen LogP contribution in [0.25, 0.3) is 0 Å². The van der Waals surface area contributed by atoms with Crippen LogP contribution in [-0.2, 0) is 21.2 Å². The predicted molar refractivity (Wildman–Crippen MR) is 63.8 cm³/mol. The van der Waals surface area contributed by atoms with Crippen LogP contribution in [0.3, 0.4) is 0 Å². The number of nitrogens with one attached hydrogen (secondary N) is 2. The number of carbonyl (C=O) groups excluding carboxylic acids is 1. The summed E-state index contributed by atoms with van der Waals surface area (Å²) in [6.45, 7) is 2.85. The maximum absolute atomic E-state index is 11.8. The van der Waals surface area contributed by atoms with Crippen molar-refractivity contribution in [2.24, 2.45) is 0 Å². The minimum Gasteiger partial charge on any atom is -0.384 e. The van der Waals surface area contributed by atoms with Gasteiger partial charge in [-0.3, -0.25) is 9.89 Å². The van der Waals surface area contributed by atoms with Crippen molar-refractivity contribution in [2.75, 3.05) is 12.0 Å². The van der Waals surface area contributed by atoms with Gasteiger partial charge in [0.05, 0.1) is 6.20 Å². The molecular formula is C9H16N4O3S. The number of aromatic nitrogens is 2. The highest BCUT2D eigenvalue weighted by atomic mass is 32.2. The molecule has 0 aliphatic rings. The summed E-state index contributed by atoms with van der Waals surface area (Å²) in [6, 6.07) is 0. The lowest BCUT2D eigenvalue weighted by atomic mass is 10.2. The van der Waals surface area contributed by atoms with Crippen molar-refractivity contribution in [1.82, 2.24) is 15.5 Å². The molecule has 0 aliphatic heterocycles. The van der Waals surface area contributed by atoms with E-state index in [4.69, 9.17) is 5.73 Å². The van der Waals surface area contributed by atoms with E-state index >= 15 is 0 Å². The highest BCUT2D eigenvalue weighted by Crippen LogP contribution is 2.15. The first-order chi connectivity index (χ1) is 7.66. The molecule has 1 amide bonds. The molecule has 7 nitrogen and oxygen atoms in total. The number of nitrogens with two attached hydrogens (primary N) is 1.